The van der Waals surface area contributed by atoms with Crippen LogP contribution in [0.3, 0.4) is 0 Å². The fraction of sp³-hybridized carbons (Fsp3) is 0.889. The second kappa shape index (κ2) is 6.00. The number of aliphatic carboxylic acids is 1. The number of carboxylic acids is 1. The summed E-state index contributed by atoms with van der Waals surface area (Å²) in [7, 11) is 0. The number of hydrogen-bond acceptors (Lipinski definition) is 2. The van der Waals surface area contributed by atoms with E-state index >= 15 is 0 Å². The van der Waals surface area contributed by atoms with Gasteiger partial charge in [0.1, 0.15) is 6.04 Å². The van der Waals surface area contributed by atoms with Crippen molar-refractivity contribution in [2.75, 3.05) is 13.1 Å². The van der Waals surface area contributed by atoms with Crippen LogP contribution in [0.4, 0.5) is 0 Å². The molecule has 72 valence electrons. The van der Waals surface area contributed by atoms with Crippen molar-refractivity contribution >= 4 is 5.97 Å². The molecule has 1 N–H and O–H groups in total. The Labute approximate surface area is 74.4 Å². The van der Waals surface area contributed by atoms with Crippen LogP contribution in [0.25, 0.3) is 0 Å². The molecule has 3 nitrogen and oxygen atoms in total. The number of hydrogen-bond donors (Lipinski definition) is 1. The molecule has 0 aliphatic carbocycles. The molecule has 0 saturated carbocycles. The molecule has 0 spiro atoms. The van der Waals surface area contributed by atoms with E-state index in [4.69, 9.17) is 5.11 Å². The largest absolute Gasteiger partial charge is 0.480 e. The summed E-state index contributed by atoms with van der Waals surface area (Å²) in [5.41, 5.74) is 0. The first-order valence-corrected chi connectivity index (χ1v) is 4.60. The van der Waals surface area contributed by atoms with Crippen molar-refractivity contribution in [2.24, 2.45) is 0 Å². The molecule has 1 unspecified atom stereocenters. The van der Waals surface area contributed by atoms with Gasteiger partial charge in [-0.25, -0.2) is 0 Å². The Morgan fingerprint density at radius 2 is 1.75 bits per heavy atom. The van der Waals surface area contributed by atoms with E-state index in [0.717, 1.165) is 25.9 Å². The summed E-state index contributed by atoms with van der Waals surface area (Å²) in [6, 6.07) is -0.343. The molecule has 0 heterocycles. The second-order valence-corrected chi connectivity index (χ2v) is 3.05. The fourth-order valence-electron chi connectivity index (χ4n) is 1.23. The van der Waals surface area contributed by atoms with Crippen molar-refractivity contribution < 1.29 is 9.90 Å². The highest BCUT2D eigenvalue weighted by Gasteiger charge is 2.18. The van der Waals surface area contributed by atoms with E-state index < -0.39 is 5.97 Å². The fourth-order valence-corrected chi connectivity index (χ4v) is 1.23. The Hall–Kier alpha value is -0.570. The van der Waals surface area contributed by atoms with E-state index in [1.807, 2.05) is 4.90 Å². The normalized spacial score (nSPS) is 13.3. The van der Waals surface area contributed by atoms with E-state index in [9.17, 15) is 4.79 Å². The second-order valence-electron chi connectivity index (χ2n) is 3.05. The Kier molecular flexibility index (Phi) is 5.72. The molecular formula is C9H19NO2. The molecule has 12 heavy (non-hydrogen) atoms. The Morgan fingerprint density at radius 1 is 1.33 bits per heavy atom. The van der Waals surface area contributed by atoms with Crippen molar-refractivity contribution in [3.05, 3.63) is 0 Å². The lowest BCUT2D eigenvalue weighted by molar-refractivity contribution is -0.142. The summed E-state index contributed by atoms with van der Waals surface area (Å²) >= 11 is 0. The van der Waals surface area contributed by atoms with Gasteiger partial charge < -0.3 is 5.11 Å². The zero-order valence-electron chi connectivity index (χ0n) is 8.21. The monoisotopic (exact) mass is 173 g/mol. The number of nitrogens with zero attached hydrogens (tertiary/aromatic N) is 1. The molecule has 0 amide bonds. The maximum Gasteiger partial charge on any atom is 0.320 e. The minimum absolute atomic E-state index is 0.343. The Balaban J connectivity index is 3.98. The minimum Gasteiger partial charge on any atom is -0.480 e. The third-order valence-corrected chi connectivity index (χ3v) is 1.93. The first-order chi connectivity index (χ1) is 5.63. The SMILES string of the molecule is CCCN(CCC)C(C)C(=O)O. The summed E-state index contributed by atoms with van der Waals surface area (Å²) in [5, 5.41) is 8.76. The van der Waals surface area contributed by atoms with Crippen LogP contribution in [0, 0.1) is 0 Å². The molecule has 0 aliphatic rings. The van der Waals surface area contributed by atoms with Crippen LogP contribution < -0.4 is 0 Å². The smallest absolute Gasteiger partial charge is 0.320 e. The first kappa shape index (κ1) is 11.4. The zero-order chi connectivity index (χ0) is 9.56. The van der Waals surface area contributed by atoms with Gasteiger partial charge in [-0.1, -0.05) is 13.8 Å². The van der Waals surface area contributed by atoms with Gasteiger partial charge in [-0.2, -0.15) is 0 Å². The lowest BCUT2D eigenvalue weighted by atomic mass is 10.2. The summed E-state index contributed by atoms with van der Waals surface area (Å²) in [4.78, 5) is 12.7. The van der Waals surface area contributed by atoms with Crippen molar-refractivity contribution in [3.63, 3.8) is 0 Å². The molecule has 0 radical (unpaired) electrons. The molecule has 0 aliphatic heterocycles. The van der Waals surface area contributed by atoms with Crippen molar-refractivity contribution in [1.29, 1.82) is 0 Å². The van der Waals surface area contributed by atoms with Crippen LogP contribution in [0.2, 0.25) is 0 Å². The highest BCUT2D eigenvalue weighted by atomic mass is 16.4. The molecule has 0 saturated heterocycles. The summed E-state index contributed by atoms with van der Waals surface area (Å²) in [6.45, 7) is 7.63. The van der Waals surface area contributed by atoms with Crippen LogP contribution in [-0.2, 0) is 4.79 Å². The summed E-state index contributed by atoms with van der Waals surface area (Å²) < 4.78 is 0. The van der Waals surface area contributed by atoms with Gasteiger partial charge in [0, 0.05) is 0 Å². The predicted octanol–water partition coefficient (Wildman–Crippen LogP) is 1.58. The highest BCUT2D eigenvalue weighted by molar-refractivity contribution is 5.72. The molecular weight excluding hydrogens is 154 g/mol. The van der Waals surface area contributed by atoms with Crippen molar-refractivity contribution in [3.8, 4) is 0 Å². The van der Waals surface area contributed by atoms with Gasteiger partial charge in [-0.15, -0.1) is 0 Å². The van der Waals surface area contributed by atoms with Gasteiger partial charge in [0.2, 0.25) is 0 Å². The predicted molar refractivity (Wildman–Crippen MR) is 49.3 cm³/mol. The average molecular weight is 173 g/mol. The zero-order valence-corrected chi connectivity index (χ0v) is 8.21. The summed E-state index contributed by atoms with van der Waals surface area (Å²) in [5.74, 6) is -0.725. The third kappa shape index (κ3) is 3.72. The quantitative estimate of drug-likeness (QED) is 0.663. The molecule has 0 rings (SSSR count). The number of rotatable bonds is 6. The van der Waals surface area contributed by atoms with Gasteiger partial charge in [-0.3, -0.25) is 9.69 Å². The Bertz CT molecular complexity index is 130. The third-order valence-electron chi connectivity index (χ3n) is 1.93. The topological polar surface area (TPSA) is 40.5 Å². The van der Waals surface area contributed by atoms with Gasteiger partial charge in [0.15, 0.2) is 0 Å². The summed E-state index contributed by atoms with van der Waals surface area (Å²) in [6.07, 6.45) is 2.02. The minimum atomic E-state index is -0.725. The van der Waals surface area contributed by atoms with Gasteiger partial charge in [0.05, 0.1) is 0 Å². The molecule has 0 bridgehead atoms. The van der Waals surface area contributed by atoms with Crippen LogP contribution in [0.15, 0.2) is 0 Å². The van der Waals surface area contributed by atoms with E-state index in [1.165, 1.54) is 0 Å². The van der Waals surface area contributed by atoms with Gasteiger partial charge in [0.25, 0.3) is 0 Å². The molecule has 0 aromatic heterocycles. The molecule has 0 aromatic carbocycles. The first-order valence-electron chi connectivity index (χ1n) is 4.60. The van der Waals surface area contributed by atoms with Crippen LogP contribution in [0.5, 0.6) is 0 Å². The number of carbonyl (C=O) groups is 1. The van der Waals surface area contributed by atoms with E-state index in [-0.39, 0.29) is 6.04 Å². The standard InChI is InChI=1S/C9H19NO2/c1-4-6-10(7-5-2)8(3)9(11)12/h8H,4-7H2,1-3H3,(H,11,12). The number of carboxylic acid groups (broad SMARTS) is 1. The molecule has 0 fully saturated rings. The molecule has 3 heteroatoms. The highest BCUT2D eigenvalue weighted by Crippen LogP contribution is 2.01. The van der Waals surface area contributed by atoms with Crippen molar-refractivity contribution in [2.45, 2.75) is 39.7 Å². The lowest BCUT2D eigenvalue weighted by Crippen LogP contribution is -2.39. The van der Waals surface area contributed by atoms with E-state index in [0.29, 0.717) is 0 Å². The van der Waals surface area contributed by atoms with Crippen LogP contribution >= 0.6 is 0 Å². The van der Waals surface area contributed by atoms with Crippen molar-refractivity contribution in [1.82, 2.24) is 4.90 Å². The molecule has 1 atom stereocenters. The maximum absolute atomic E-state index is 10.6. The van der Waals surface area contributed by atoms with E-state index in [2.05, 4.69) is 13.8 Å². The van der Waals surface area contributed by atoms with Crippen LogP contribution in [-0.4, -0.2) is 35.1 Å². The lowest BCUT2D eigenvalue weighted by Gasteiger charge is -2.24. The maximum atomic E-state index is 10.6. The van der Waals surface area contributed by atoms with Gasteiger partial charge in [-0.05, 0) is 32.9 Å². The molecule has 0 aromatic rings. The van der Waals surface area contributed by atoms with E-state index in [1.54, 1.807) is 6.92 Å². The average Bonchev–Trinajstić information content (AvgIpc) is 2.03. The van der Waals surface area contributed by atoms with Crippen LogP contribution in [0.1, 0.15) is 33.6 Å². The van der Waals surface area contributed by atoms with Gasteiger partial charge >= 0.3 is 5.97 Å². The Morgan fingerprint density at radius 3 is 2.00 bits per heavy atom.